The summed E-state index contributed by atoms with van der Waals surface area (Å²) < 4.78 is 0. The maximum atomic E-state index is 8.98. The first kappa shape index (κ1) is 18.1. The van der Waals surface area contributed by atoms with Gasteiger partial charge in [0.2, 0.25) is 0 Å². The lowest BCUT2D eigenvalue weighted by molar-refractivity contribution is 0.238. The summed E-state index contributed by atoms with van der Waals surface area (Å²) in [5, 5.41) is 15.3. The summed E-state index contributed by atoms with van der Waals surface area (Å²) in [5.74, 6) is 0.965. The number of hydrogen-bond acceptors (Lipinski definition) is 3. The fourth-order valence-corrected chi connectivity index (χ4v) is 1.33. The van der Waals surface area contributed by atoms with Crippen LogP contribution in [-0.4, -0.2) is 35.7 Å². The van der Waals surface area contributed by atoms with E-state index >= 15 is 0 Å². The number of halogens is 1. The van der Waals surface area contributed by atoms with Crippen molar-refractivity contribution in [2.24, 2.45) is 10.9 Å². The average Bonchev–Trinajstić information content (AvgIpc) is 2.42. The number of nitrogens with one attached hydrogen (secondary N) is 2. The highest BCUT2D eigenvalue weighted by atomic mass is 127. The number of rotatable bonds is 6. The Morgan fingerprint density at radius 3 is 2.79 bits per heavy atom. The van der Waals surface area contributed by atoms with E-state index in [4.69, 9.17) is 5.11 Å². The smallest absolute Gasteiger partial charge is 0.191 e. The molecule has 0 saturated carbocycles. The molecular formula is C13H23IN4O. The van der Waals surface area contributed by atoms with Gasteiger partial charge in [0, 0.05) is 25.9 Å². The summed E-state index contributed by atoms with van der Waals surface area (Å²) in [4.78, 5) is 8.66. The number of nitrogens with zero attached hydrogens (tertiary/aromatic N) is 2. The van der Waals surface area contributed by atoms with E-state index in [1.54, 1.807) is 6.20 Å². The fourth-order valence-electron chi connectivity index (χ4n) is 1.33. The van der Waals surface area contributed by atoms with E-state index in [1.165, 1.54) is 0 Å². The van der Waals surface area contributed by atoms with Gasteiger partial charge in [-0.3, -0.25) is 4.98 Å². The Morgan fingerprint density at radius 2 is 2.21 bits per heavy atom. The van der Waals surface area contributed by atoms with Crippen molar-refractivity contribution in [2.75, 3.05) is 19.7 Å². The molecule has 0 aromatic carbocycles. The minimum atomic E-state index is 0. The minimum Gasteiger partial charge on any atom is -0.396 e. The topological polar surface area (TPSA) is 69.5 Å². The number of pyridine rings is 1. The van der Waals surface area contributed by atoms with Crippen molar-refractivity contribution in [1.29, 1.82) is 0 Å². The van der Waals surface area contributed by atoms with E-state index in [-0.39, 0.29) is 36.5 Å². The molecule has 0 saturated heterocycles. The highest BCUT2D eigenvalue weighted by Gasteiger charge is 2.02. The molecule has 0 aliphatic carbocycles. The van der Waals surface area contributed by atoms with Crippen LogP contribution in [0.1, 0.15) is 19.5 Å². The van der Waals surface area contributed by atoms with Crippen LogP contribution in [0, 0.1) is 5.92 Å². The van der Waals surface area contributed by atoms with Crippen molar-refractivity contribution < 1.29 is 5.11 Å². The van der Waals surface area contributed by atoms with Crippen molar-refractivity contribution in [3.05, 3.63) is 30.1 Å². The SMILES string of the molecule is CCNC(=NCc1ccccn1)NCC(C)CO.I. The van der Waals surface area contributed by atoms with Gasteiger partial charge in [-0.05, 0) is 25.0 Å². The molecule has 0 spiro atoms. The van der Waals surface area contributed by atoms with Crippen molar-refractivity contribution in [3.63, 3.8) is 0 Å². The number of aromatic nitrogens is 1. The maximum Gasteiger partial charge on any atom is 0.191 e. The summed E-state index contributed by atoms with van der Waals surface area (Å²) in [6, 6.07) is 5.79. The van der Waals surface area contributed by atoms with Crippen LogP contribution in [0.25, 0.3) is 0 Å². The van der Waals surface area contributed by atoms with E-state index in [0.717, 1.165) is 18.2 Å². The lowest BCUT2D eigenvalue weighted by Gasteiger charge is -2.13. The minimum absolute atomic E-state index is 0. The first-order chi connectivity index (χ1) is 8.76. The summed E-state index contributed by atoms with van der Waals surface area (Å²) in [6.45, 7) is 6.23. The molecular weight excluding hydrogens is 355 g/mol. The van der Waals surface area contributed by atoms with Gasteiger partial charge in [-0.2, -0.15) is 0 Å². The second-order valence-electron chi connectivity index (χ2n) is 4.18. The molecule has 1 aromatic rings. The van der Waals surface area contributed by atoms with Crippen LogP contribution in [0.3, 0.4) is 0 Å². The van der Waals surface area contributed by atoms with Gasteiger partial charge in [0.1, 0.15) is 0 Å². The van der Waals surface area contributed by atoms with Gasteiger partial charge in [0.25, 0.3) is 0 Å². The molecule has 1 aromatic heterocycles. The van der Waals surface area contributed by atoms with Crippen molar-refractivity contribution in [3.8, 4) is 0 Å². The quantitative estimate of drug-likeness (QED) is 0.398. The van der Waals surface area contributed by atoms with Gasteiger partial charge in [-0.15, -0.1) is 24.0 Å². The normalized spacial score (nSPS) is 12.5. The lowest BCUT2D eigenvalue weighted by atomic mass is 10.2. The maximum absolute atomic E-state index is 8.98. The molecule has 108 valence electrons. The largest absolute Gasteiger partial charge is 0.396 e. The second-order valence-corrected chi connectivity index (χ2v) is 4.18. The molecule has 1 atom stereocenters. The molecule has 0 amide bonds. The molecule has 1 unspecified atom stereocenters. The van der Waals surface area contributed by atoms with E-state index in [9.17, 15) is 0 Å². The molecule has 6 heteroatoms. The predicted molar refractivity (Wildman–Crippen MR) is 88.7 cm³/mol. The Kier molecular flexibility index (Phi) is 10.5. The third-order valence-corrected chi connectivity index (χ3v) is 2.40. The van der Waals surface area contributed by atoms with Gasteiger partial charge in [0.05, 0.1) is 12.2 Å². The molecule has 1 heterocycles. The third kappa shape index (κ3) is 7.99. The molecule has 0 aliphatic heterocycles. The van der Waals surface area contributed by atoms with Crippen LogP contribution in [-0.2, 0) is 6.54 Å². The zero-order valence-corrected chi connectivity index (χ0v) is 13.8. The monoisotopic (exact) mass is 378 g/mol. The highest BCUT2D eigenvalue weighted by Crippen LogP contribution is 1.95. The number of aliphatic hydroxyl groups excluding tert-OH is 1. The van der Waals surface area contributed by atoms with E-state index < -0.39 is 0 Å². The Labute approximate surface area is 132 Å². The van der Waals surface area contributed by atoms with E-state index in [1.807, 2.05) is 32.0 Å². The first-order valence-corrected chi connectivity index (χ1v) is 6.29. The van der Waals surface area contributed by atoms with Crippen LogP contribution in [0.5, 0.6) is 0 Å². The zero-order valence-electron chi connectivity index (χ0n) is 11.5. The van der Waals surface area contributed by atoms with Crippen molar-refractivity contribution >= 4 is 29.9 Å². The molecule has 0 bridgehead atoms. The van der Waals surface area contributed by atoms with Gasteiger partial charge >= 0.3 is 0 Å². The van der Waals surface area contributed by atoms with Crippen LogP contribution in [0.15, 0.2) is 29.4 Å². The Hall–Kier alpha value is -0.890. The standard InChI is InChI=1S/C13H22N4O.HI/c1-3-14-13(16-8-11(2)10-18)17-9-12-6-4-5-7-15-12;/h4-7,11,18H,3,8-10H2,1-2H3,(H2,14,16,17);1H. The van der Waals surface area contributed by atoms with Gasteiger partial charge in [-0.25, -0.2) is 4.99 Å². The molecule has 1 rings (SSSR count). The molecule has 19 heavy (non-hydrogen) atoms. The summed E-state index contributed by atoms with van der Waals surface area (Å²) >= 11 is 0. The van der Waals surface area contributed by atoms with Crippen LogP contribution in [0.4, 0.5) is 0 Å². The molecule has 0 radical (unpaired) electrons. The van der Waals surface area contributed by atoms with Crippen molar-refractivity contribution in [1.82, 2.24) is 15.6 Å². The molecule has 3 N–H and O–H groups in total. The fraction of sp³-hybridized carbons (Fsp3) is 0.538. The number of aliphatic imine (C=N–C) groups is 1. The van der Waals surface area contributed by atoms with Crippen molar-refractivity contribution in [2.45, 2.75) is 20.4 Å². The van der Waals surface area contributed by atoms with Gasteiger partial charge in [-0.1, -0.05) is 13.0 Å². The zero-order chi connectivity index (χ0) is 13.2. The molecule has 0 aliphatic rings. The number of hydrogen-bond donors (Lipinski definition) is 3. The van der Waals surface area contributed by atoms with E-state index in [0.29, 0.717) is 13.1 Å². The van der Waals surface area contributed by atoms with E-state index in [2.05, 4.69) is 20.6 Å². The number of guanidine groups is 1. The summed E-state index contributed by atoms with van der Waals surface area (Å²) in [6.07, 6.45) is 1.76. The Bertz CT molecular complexity index is 359. The van der Waals surface area contributed by atoms with Crippen LogP contribution in [0.2, 0.25) is 0 Å². The summed E-state index contributed by atoms with van der Waals surface area (Å²) in [7, 11) is 0. The predicted octanol–water partition coefficient (Wildman–Crippen LogP) is 1.38. The second kappa shape index (κ2) is 11.0. The van der Waals surface area contributed by atoms with Crippen LogP contribution >= 0.6 is 24.0 Å². The Morgan fingerprint density at radius 1 is 1.42 bits per heavy atom. The van der Waals surface area contributed by atoms with Gasteiger partial charge < -0.3 is 15.7 Å². The number of aliphatic hydroxyl groups is 1. The third-order valence-electron chi connectivity index (χ3n) is 2.40. The first-order valence-electron chi connectivity index (χ1n) is 6.29. The van der Waals surface area contributed by atoms with Crippen LogP contribution < -0.4 is 10.6 Å². The average molecular weight is 378 g/mol. The Balaban J connectivity index is 0.00000324. The van der Waals surface area contributed by atoms with Gasteiger partial charge in [0.15, 0.2) is 5.96 Å². The molecule has 5 nitrogen and oxygen atoms in total. The lowest BCUT2D eigenvalue weighted by Crippen LogP contribution is -2.39. The highest BCUT2D eigenvalue weighted by molar-refractivity contribution is 14.0. The summed E-state index contributed by atoms with van der Waals surface area (Å²) in [5.41, 5.74) is 0.935. The molecule has 0 fully saturated rings.